The van der Waals surface area contributed by atoms with Crippen LogP contribution in [0.1, 0.15) is 22.7 Å². The molecule has 1 atom stereocenters. The molecule has 3 aromatic rings. The van der Waals surface area contributed by atoms with Crippen LogP contribution in [-0.2, 0) is 11.3 Å². The fourth-order valence-electron chi connectivity index (χ4n) is 2.45. The zero-order valence-corrected chi connectivity index (χ0v) is 12.9. The Balaban J connectivity index is 1.84. The molecule has 0 radical (unpaired) electrons. The van der Waals surface area contributed by atoms with Crippen LogP contribution in [0.4, 0.5) is 4.39 Å². The number of hydrogen-bond donors (Lipinski definition) is 1. The fraction of sp³-hybridized carbons (Fsp3) is 0.105. The van der Waals surface area contributed by atoms with Gasteiger partial charge >= 0.3 is 0 Å². The number of benzene rings is 1. The first-order chi connectivity index (χ1) is 11.7. The molecule has 0 aliphatic carbocycles. The van der Waals surface area contributed by atoms with Gasteiger partial charge in [-0.1, -0.05) is 24.3 Å². The minimum absolute atomic E-state index is 0.191. The number of nitrogens with one attached hydrogen (secondary N) is 1. The van der Waals surface area contributed by atoms with Crippen LogP contribution in [0.25, 0.3) is 0 Å². The molecule has 1 N–H and O–H groups in total. The molecule has 0 aliphatic rings. The SMILES string of the molecule is O=C(NCc1cccnc1)C(c1ccc(F)cc1)c1ccccn1. The standard InChI is InChI=1S/C19H16FN3O/c20-16-8-6-15(7-9-16)18(17-5-1-2-11-22-17)19(24)23-13-14-4-3-10-21-12-14/h1-12,18H,13H2,(H,23,24). The number of halogens is 1. The monoisotopic (exact) mass is 321 g/mol. The second-order valence-electron chi connectivity index (χ2n) is 5.32. The maximum absolute atomic E-state index is 13.2. The van der Waals surface area contributed by atoms with Gasteiger partial charge in [0.1, 0.15) is 11.7 Å². The largest absolute Gasteiger partial charge is 0.351 e. The summed E-state index contributed by atoms with van der Waals surface area (Å²) in [6.45, 7) is 0.372. The summed E-state index contributed by atoms with van der Waals surface area (Å²) >= 11 is 0. The molecule has 1 amide bonds. The predicted octanol–water partition coefficient (Wildman–Crippen LogP) is 3.06. The van der Waals surface area contributed by atoms with Crippen molar-refractivity contribution in [1.29, 1.82) is 0 Å². The van der Waals surface area contributed by atoms with Crippen LogP contribution in [0.2, 0.25) is 0 Å². The Hall–Kier alpha value is -3.08. The van der Waals surface area contributed by atoms with Gasteiger partial charge in [-0.2, -0.15) is 0 Å². The van der Waals surface area contributed by atoms with Crippen LogP contribution >= 0.6 is 0 Å². The average Bonchev–Trinajstić information content (AvgIpc) is 2.64. The normalized spacial score (nSPS) is 11.7. The van der Waals surface area contributed by atoms with E-state index in [-0.39, 0.29) is 11.7 Å². The molecule has 2 heterocycles. The first-order valence-electron chi connectivity index (χ1n) is 7.57. The van der Waals surface area contributed by atoms with Gasteiger partial charge in [-0.05, 0) is 41.5 Å². The van der Waals surface area contributed by atoms with Gasteiger partial charge in [-0.15, -0.1) is 0 Å². The van der Waals surface area contributed by atoms with E-state index in [0.717, 1.165) is 5.56 Å². The Morgan fingerprint density at radius 3 is 2.54 bits per heavy atom. The van der Waals surface area contributed by atoms with Gasteiger partial charge in [0, 0.05) is 25.1 Å². The Kier molecular flexibility index (Phi) is 4.91. The number of nitrogens with zero attached hydrogens (tertiary/aromatic N) is 2. The van der Waals surface area contributed by atoms with Crippen LogP contribution in [0, 0.1) is 5.82 Å². The number of carbonyl (C=O) groups is 1. The lowest BCUT2D eigenvalue weighted by Gasteiger charge is -2.17. The van der Waals surface area contributed by atoms with Crippen molar-refractivity contribution in [2.45, 2.75) is 12.5 Å². The van der Waals surface area contributed by atoms with Crippen molar-refractivity contribution < 1.29 is 9.18 Å². The third-order valence-electron chi connectivity index (χ3n) is 3.64. The molecule has 4 nitrogen and oxygen atoms in total. The van der Waals surface area contributed by atoms with E-state index in [4.69, 9.17) is 0 Å². The van der Waals surface area contributed by atoms with E-state index in [9.17, 15) is 9.18 Å². The Bertz CT molecular complexity index is 792. The summed E-state index contributed by atoms with van der Waals surface area (Å²) in [5, 5.41) is 2.90. The smallest absolute Gasteiger partial charge is 0.233 e. The highest BCUT2D eigenvalue weighted by molar-refractivity contribution is 5.86. The third-order valence-corrected chi connectivity index (χ3v) is 3.64. The molecule has 1 aromatic carbocycles. The van der Waals surface area contributed by atoms with E-state index in [1.165, 1.54) is 12.1 Å². The van der Waals surface area contributed by atoms with Crippen molar-refractivity contribution in [1.82, 2.24) is 15.3 Å². The molecule has 3 rings (SSSR count). The molecular weight excluding hydrogens is 305 g/mol. The van der Waals surface area contributed by atoms with Crippen molar-refractivity contribution >= 4 is 5.91 Å². The average molecular weight is 321 g/mol. The Morgan fingerprint density at radius 2 is 1.88 bits per heavy atom. The van der Waals surface area contributed by atoms with Crippen molar-refractivity contribution in [2.75, 3.05) is 0 Å². The second kappa shape index (κ2) is 7.46. The topological polar surface area (TPSA) is 54.9 Å². The molecule has 120 valence electrons. The van der Waals surface area contributed by atoms with Crippen LogP contribution in [-0.4, -0.2) is 15.9 Å². The molecule has 1 unspecified atom stereocenters. The summed E-state index contributed by atoms with van der Waals surface area (Å²) in [5.41, 5.74) is 2.22. The van der Waals surface area contributed by atoms with Gasteiger partial charge in [0.25, 0.3) is 0 Å². The molecule has 2 aromatic heterocycles. The Labute approximate surface area is 139 Å². The number of amides is 1. The summed E-state index contributed by atoms with van der Waals surface area (Å²) in [7, 11) is 0. The lowest BCUT2D eigenvalue weighted by Crippen LogP contribution is -2.30. The lowest BCUT2D eigenvalue weighted by molar-refractivity contribution is -0.121. The molecule has 5 heteroatoms. The van der Waals surface area contributed by atoms with E-state index in [1.807, 2.05) is 18.2 Å². The quantitative estimate of drug-likeness (QED) is 0.786. The molecule has 0 fully saturated rings. The van der Waals surface area contributed by atoms with Gasteiger partial charge in [-0.25, -0.2) is 4.39 Å². The molecule has 24 heavy (non-hydrogen) atoms. The predicted molar refractivity (Wildman–Crippen MR) is 88.6 cm³/mol. The summed E-state index contributed by atoms with van der Waals surface area (Å²) in [6.07, 6.45) is 5.02. The van der Waals surface area contributed by atoms with Crippen LogP contribution in [0.15, 0.2) is 73.2 Å². The fourth-order valence-corrected chi connectivity index (χ4v) is 2.45. The molecule has 0 bridgehead atoms. The maximum Gasteiger partial charge on any atom is 0.233 e. The summed E-state index contributed by atoms with van der Waals surface area (Å²) in [6, 6.07) is 15.0. The highest BCUT2D eigenvalue weighted by Gasteiger charge is 2.23. The molecule has 0 saturated carbocycles. The number of pyridine rings is 2. The van der Waals surface area contributed by atoms with Crippen LogP contribution in [0.5, 0.6) is 0 Å². The summed E-state index contributed by atoms with van der Waals surface area (Å²) < 4.78 is 13.2. The highest BCUT2D eigenvalue weighted by atomic mass is 19.1. The van der Waals surface area contributed by atoms with Gasteiger partial charge in [0.15, 0.2) is 0 Å². The molecular formula is C19H16FN3O. The molecule has 0 aliphatic heterocycles. The van der Waals surface area contributed by atoms with Gasteiger partial charge in [0.05, 0.1) is 5.69 Å². The van der Waals surface area contributed by atoms with Gasteiger partial charge < -0.3 is 5.32 Å². The highest BCUT2D eigenvalue weighted by Crippen LogP contribution is 2.23. The van der Waals surface area contributed by atoms with Gasteiger partial charge in [0.2, 0.25) is 5.91 Å². The first-order valence-corrected chi connectivity index (χ1v) is 7.57. The molecule has 0 spiro atoms. The maximum atomic E-state index is 13.2. The van der Waals surface area contributed by atoms with Crippen molar-refractivity contribution in [3.8, 4) is 0 Å². The van der Waals surface area contributed by atoms with Crippen LogP contribution in [0.3, 0.4) is 0 Å². The first kappa shape index (κ1) is 15.8. The van der Waals surface area contributed by atoms with E-state index in [1.54, 1.807) is 42.9 Å². The third kappa shape index (κ3) is 3.81. The molecule has 0 saturated heterocycles. The lowest BCUT2D eigenvalue weighted by atomic mass is 9.94. The minimum Gasteiger partial charge on any atom is -0.351 e. The summed E-state index contributed by atoms with van der Waals surface area (Å²) in [5.74, 6) is -1.12. The van der Waals surface area contributed by atoms with Crippen molar-refractivity contribution in [2.24, 2.45) is 0 Å². The van der Waals surface area contributed by atoms with Crippen molar-refractivity contribution in [3.63, 3.8) is 0 Å². The van der Waals surface area contributed by atoms with E-state index >= 15 is 0 Å². The van der Waals surface area contributed by atoms with Crippen molar-refractivity contribution in [3.05, 3.63) is 95.8 Å². The number of aromatic nitrogens is 2. The summed E-state index contributed by atoms with van der Waals surface area (Å²) in [4.78, 5) is 21.1. The number of hydrogen-bond acceptors (Lipinski definition) is 3. The van der Waals surface area contributed by atoms with Gasteiger partial charge in [-0.3, -0.25) is 14.8 Å². The van der Waals surface area contributed by atoms with E-state index in [2.05, 4.69) is 15.3 Å². The van der Waals surface area contributed by atoms with E-state index in [0.29, 0.717) is 17.8 Å². The zero-order valence-electron chi connectivity index (χ0n) is 12.9. The zero-order chi connectivity index (χ0) is 16.8. The number of carbonyl (C=O) groups excluding carboxylic acids is 1. The second-order valence-corrected chi connectivity index (χ2v) is 5.32. The van der Waals surface area contributed by atoms with E-state index < -0.39 is 5.92 Å². The Morgan fingerprint density at radius 1 is 1.04 bits per heavy atom. The number of rotatable bonds is 5. The minimum atomic E-state index is -0.594. The van der Waals surface area contributed by atoms with Crippen LogP contribution < -0.4 is 5.32 Å².